The molecule has 4 aliphatic rings. The van der Waals surface area contributed by atoms with Gasteiger partial charge in [-0.15, -0.1) is 0 Å². The number of hydrogen-bond donors (Lipinski definition) is 2. The van der Waals surface area contributed by atoms with Crippen LogP contribution in [0.1, 0.15) is 126 Å². The number of esters is 1. The molecule has 3 fully saturated rings. The quantitative estimate of drug-likeness (QED) is 0.136. The summed E-state index contributed by atoms with van der Waals surface area (Å²) < 4.78 is 48.2. The van der Waals surface area contributed by atoms with E-state index < -0.39 is 85.1 Å². The Balaban J connectivity index is 1.70. The van der Waals surface area contributed by atoms with Crippen molar-refractivity contribution < 1.29 is 67.0 Å². The van der Waals surface area contributed by atoms with E-state index in [2.05, 4.69) is 0 Å². The van der Waals surface area contributed by atoms with Gasteiger partial charge < -0.3 is 43.3 Å². The fourth-order valence-electron chi connectivity index (χ4n) is 10.6. The van der Waals surface area contributed by atoms with Crippen molar-refractivity contribution in [3.63, 3.8) is 0 Å². The van der Waals surface area contributed by atoms with Crippen molar-refractivity contribution in [1.29, 1.82) is 0 Å². The molecule has 390 valence electrons. The molecule has 2 N–H and O–H groups in total. The molecule has 1 saturated carbocycles. The van der Waals surface area contributed by atoms with Gasteiger partial charge in [0.05, 0.1) is 30.5 Å². The van der Waals surface area contributed by atoms with Crippen molar-refractivity contribution in [2.75, 3.05) is 41.2 Å². The van der Waals surface area contributed by atoms with Crippen LogP contribution in [-0.2, 0) is 56.7 Å². The van der Waals surface area contributed by atoms with Crippen LogP contribution < -0.4 is 0 Å². The predicted octanol–water partition coefficient (Wildman–Crippen LogP) is 7.74. The molecule has 1 aliphatic carbocycles. The summed E-state index contributed by atoms with van der Waals surface area (Å²) in [5.74, 6) is -8.08. The summed E-state index contributed by atoms with van der Waals surface area (Å²) >= 11 is 0. The fraction of sp³-hybridized carbons (Fsp3) is 0.755. The minimum atomic E-state index is -2.79. The maximum absolute atomic E-state index is 14.5. The Hall–Kier alpha value is -3.14. The number of carbonyl (C=O) groups is 5. The number of piperidine rings is 1. The summed E-state index contributed by atoms with van der Waals surface area (Å²) in [5, 5.41) is 23.5. The van der Waals surface area contributed by atoms with Crippen molar-refractivity contribution >= 4 is 36.6 Å². The molecule has 16 heteroatoms. The second-order valence-electron chi connectivity index (χ2n) is 20.9. The first-order valence-corrected chi connectivity index (χ1v) is 27.7. The summed E-state index contributed by atoms with van der Waals surface area (Å²) in [7, 11) is 1.76. The first kappa shape index (κ1) is 58.4. The van der Waals surface area contributed by atoms with Crippen molar-refractivity contribution in [2.24, 2.45) is 35.5 Å². The largest absolute Gasteiger partial charge is 0.460 e. The number of fused-ring (bicyclic) bond motifs is 3. The third-order valence-corrected chi connectivity index (χ3v) is 15.6. The number of methoxy groups -OCH3 is 3. The van der Waals surface area contributed by atoms with E-state index in [1.165, 1.54) is 12.0 Å². The lowest BCUT2D eigenvalue weighted by Gasteiger charge is -2.42. The molecule has 0 aromatic rings. The van der Waals surface area contributed by atoms with Crippen LogP contribution in [0.4, 0.5) is 0 Å². The number of aliphatic hydroxyl groups is 2. The van der Waals surface area contributed by atoms with Gasteiger partial charge in [0.1, 0.15) is 18.2 Å². The van der Waals surface area contributed by atoms with Crippen molar-refractivity contribution in [3.8, 4) is 0 Å². The molecule has 1 amide bonds. The predicted molar refractivity (Wildman–Crippen MR) is 263 cm³/mol. The monoisotopic (exact) mass is 990 g/mol. The highest BCUT2D eigenvalue weighted by atomic mass is 31.2. The number of allylic oxidation sites excluding steroid dienone is 6. The molecule has 2 saturated heterocycles. The van der Waals surface area contributed by atoms with Crippen LogP contribution >= 0.6 is 7.37 Å². The number of hydrogen-bond acceptors (Lipinski definition) is 14. The minimum absolute atomic E-state index is 0.0144. The van der Waals surface area contributed by atoms with E-state index in [1.54, 1.807) is 54.4 Å². The summed E-state index contributed by atoms with van der Waals surface area (Å²) in [5.41, 5.74) is 1.18. The SMILES string of the molecule is CO[C@H]1C[C@@H]2CC[C@@H](C)C(O)(O2)C(=O)C(=O)N2CCCCC2C(=O)O[C@H]([C@H](C)C[C@@H]2CC[C@@H](OP(C)(C)=O)[C@H](OC)C2)CC(=O)/C(C)=C/C(C)[C@@H](O)[C@@H](OC)C(=O)[C@H](C)C[C@H](C)C=CC=CC=C1C. The van der Waals surface area contributed by atoms with E-state index in [-0.39, 0.29) is 60.9 Å². The molecular weight excluding hydrogens is 906 g/mol. The second kappa shape index (κ2) is 26.5. The van der Waals surface area contributed by atoms with Gasteiger partial charge in [0, 0.05) is 71.8 Å². The molecule has 0 radical (unpaired) electrons. The van der Waals surface area contributed by atoms with Crippen molar-refractivity contribution in [3.05, 3.63) is 47.6 Å². The van der Waals surface area contributed by atoms with Gasteiger partial charge in [0.15, 0.2) is 18.9 Å². The molecular formula is C53H84NO14P. The maximum atomic E-state index is 14.5. The standard InChI is InChI=1S/C53H84NO14P/c1-32-18-14-13-15-19-33(2)44(63-8)30-40-23-21-38(7)53(61,67-40)50(58)51(59)54-25-17-16-20-41(54)52(60)66-45(35(4)28-39-22-24-43(46(29-39)64-9)68-69(11,12)62)31-42(55)34(3)27-37(6)48(57)49(65-10)47(56)36(5)26-32/h13-15,18-19,27,32,35-41,43-46,48-49,57,61H,16-17,20-26,28-31H2,1-12H3/b15-13?,18-14?,33-19?,34-27+/t32-,35-,36-,37?,38-,39+,40+,41?,43-,44+,45+,46-,48-,49+,53?/m1/s1. The highest BCUT2D eigenvalue weighted by Crippen LogP contribution is 2.45. The van der Waals surface area contributed by atoms with Crippen molar-refractivity contribution in [1.82, 2.24) is 4.90 Å². The Morgan fingerprint density at radius 3 is 2.23 bits per heavy atom. The van der Waals surface area contributed by atoms with Gasteiger partial charge in [-0.2, -0.15) is 0 Å². The smallest absolute Gasteiger partial charge is 0.329 e. The van der Waals surface area contributed by atoms with E-state index in [4.69, 9.17) is 28.2 Å². The van der Waals surface area contributed by atoms with Gasteiger partial charge in [0.25, 0.3) is 11.7 Å². The lowest BCUT2D eigenvalue weighted by Crippen LogP contribution is -2.61. The average molecular weight is 990 g/mol. The molecule has 3 aliphatic heterocycles. The van der Waals surface area contributed by atoms with Gasteiger partial charge >= 0.3 is 5.97 Å². The van der Waals surface area contributed by atoms with Gasteiger partial charge in [-0.25, -0.2) is 4.79 Å². The molecule has 69 heavy (non-hydrogen) atoms. The number of carbonyl (C=O) groups excluding carboxylic acids is 5. The third-order valence-electron chi connectivity index (χ3n) is 14.9. The van der Waals surface area contributed by atoms with Crippen LogP contribution in [0, 0.1) is 35.5 Å². The molecule has 15 nitrogen and oxygen atoms in total. The second-order valence-corrected chi connectivity index (χ2v) is 23.6. The van der Waals surface area contributed by atoms with E-state index in [1.807, 2.05) is 58.1 Å². The van der Waals surface area contributed by atoms with Crippen LogP contribution in [0.5, 0.6) is 0 Å². The fourth-order valence-corrected chi connectivity index (χ4v) is 11.5. The van der Waals surface area contributed by atoms with E-state index in [0.717, 1.165) is 12.0 Å². The molecule has 0 spiro atoms. The number of amides is 1. The van der Waals surface area contributed by atoms with Gasteiger partial charge in [0.2, 0.25) is 5.79 Å². The average Bonchev–Trinajstić information content (AvgIpc) is 3.30. The number of nitrogens with zero attached hydrogens (tertiary/aromatic N) is 1. The Kier molecular flexibility index (Phi) is 22.5. The molecule has 3 unspecified atom stereocenters. The van der Waals surface area contributed by atoms with E-state index >= 15 is 0 Å². The first-order valence-electron chi connectivity index (χ1n) is 25.2. The molecule has 15 atom stereocenters. The summed E-state index contributed by atoms with van der Waals surface area (Å²) in [4.78, 5) is 72.2. The topological polar surface area (TPSA) is 201 Å². The molecule has 4 rings (SSSR count). The normalized spacial score (nSPS) is 37.3. The highest BCUT2D eigenvalue weighted by Gasteiger charge is 2.53. The minimum Gasteiger partial charge on any atom is -0.460 e. The number of Topliss-reactive ketones (excluding diaryl/α,β-unsaturated/α-hetero) is 3. The maximum Gasteiger partial charge on any atom is 0.329 e. The summed E-state index contributed by atoms with van der Waals surface area (Å²) in [6.07, 6.45) is 11.4. The molecule has 0 aromatic heterocycles. The van der Waals surface area contributed by atoms with Crippen LogP contribution in [0.25, 0.3) is 0 Å². The van der Waals surface area contributed by atoms with E-state index in [0.29, 0.717) is 63.4 Å². The highest BCUT2D eigenvalue weighted by molar-refractivity contribution is 7.57. The van der Waals surface area contributed by atoms with Gasteiger partial charge in [-0.3, -0.25) is 23.7 Å². The zero-order valence-electron chi connectivity index (χ0n) is 43.4. The number of cyclic esters (lactones) is 1. The lowest BCUT2D eigenvalue weighted by molar-refractivity contribution is -0.265. The van der Waals surface area contributed by atoms with Crippen LogP contribution in [0.3, 0.4) is 0 Å². The number of ketones is 3. The number of aliphatic hydroxyl groups excluding tert-OH is 1. The van der Waals surface area contributed by atoms with E-state index in [9.17, 15) is 38.8 Å². The molecule has 2 bridgehead atoms. The summed E-state index contributed by atoms with van der Waals surface area (Å²) in [6.45, 7) is 15.9. The zero-order chi connectivity index (χ0) is 51.4. The first-order chi connectivity index (χ1) is 32.4. The molecule has 3 heterocycles. The van der Waals surface area contributed by atoms with Crippen LogP contribution in [0.15, 0.2) is 47.6 Å². The van der Waals surface area contributed by atoms with Crippen LogP contribution in [-0.4, -0.2) is 140 Å². The number of rotatable bonds is 8. The van der Waals surface area contributed by atoms with Crippen LogP contribution in [0.2, 0.25) is 0 Å². The Morgan fingerprint density at radius 2 is 1.58 bits per heavy atom. The van der Waals surface area contributed by atoms with Crippen molar-refractivity contribution in [2.45, 2.75) is 180 Å². The summed E-state index contributed by atoms with van der Waals surface area (Å²) in [6, 6.07) is -1.16. The zero-order valence-corrected chi connectivity index (χ0v) is 44.3. The molecule has 0 aromatic carbocycles. The lowest BCUT2D eigenvalue weighted by atomic mass is 9.78. The van der Waals surface area contributed by atoms with Gasteiger partial charge in [-0.1, -0.05) is 71.1 Å². The Bertz CT molecular complexity index is 1940. The third kappa shape index (κ3) is 16.2. The number of ether oxygens (including phenoxy) is 5. The Morgan fingerprint density at radius 1 is 0.870 bits per heavy atom. The Labute approximate surface area is 411 Å². The van der Waals surface area contributed by atoms with Gasteiger partial charge in [-0.05, 0) is 107 Å².